The zero-order chi connectivity index (χ0) is 19.6. The van der Waals surface area contributed by atoms with E-state index in [0.717, 1.165) is 5.56 Å². The summed E-state index contributed by atoms with van der Waals surface area (Å²) < 4.78 is 24.7. The molecule has 2 fully saturated rings. The van der Waals surface area contributed by atoms with Gasteiger partial charge >= 0.3 is 0 Å². The fourth-order valence-corrected chi connectivity index (χ4v) is 6.04. The molecular weight excluding hydrogens is 374 g/mol. The molecule has 28 heavy (non-hydrogen) atoms. The maximum atomic E-state index is 12.9. The minimum atomic E-state index is -3.17. The highest BCUT2D eigenvalue weighted by Crippen LogP contribution is 2.28. The van der Waals surface area contributed by atoms with Crippen LogP contribution in [0.3, 0.4) is 0 Å². The van der Waals surface area contributed by atoms with Gasteiger partial charge in [-0.25, -0.2) is 8.42 Å². The molecule has 3 heterocycles. The first-order valence-electron chi connectivity index (χ1n) is 9.41. The molecule has 0 unspecified atom stereocenters. The van der Waals surface area contributed by atoms with Gasteiger partial charge in [0.05, 0.1) is 17.5 Å². The van der Waals surface area contributed by atoms with Gasteiger partial charge in [0.1, 0.15) is 5.69 Å². The molecule has 0 N–H and O–H groups in total. The lowest BCUT2D eigenvalue weighted by Gasteiger charge is -2.43. The SMILES string of the molecule is O=C(c1ccccn1)N1CCN(C/C=C/c2ccccc2)[C@@H]2CS(=O)(=O)C[C@@H]21. The monoisotopic (exact) mass is 397 g/mol. The summed E-state index contributed by atoms with van der Waals surface area (Å²) in [5, 5.41) is 0. The van der Waals surface area contributed by atoms with Crippen molar-refractivity contribution in [3.05, 3.63) is 72.1 Å². The number of pyridine rings is 1. The maximum absolute atomic E-state index is 12.9. The molecule has 6 nitrogen and oxygen atoms in total. The van der Waals surface area contributed by atoms with Crippen molar-refractivity contribution in [3.63, 3.8) is 0 Å². The molecular formula is C21H23N3O3S. The van der Waals surface area contributed by atoms with Gasteiger partial charge in [-0.2, -0.15) is 0 Å². The molecule has 0 radical (unpaired) electrons. The van der Waals surface area contributed by atoms with E-state index in [1.54, 1.807) is 29.3 Å². The Morgan fingerprint density at radius 1 is 1.04 bits per heavy atom. The van der Waals surface area contributed by atoms with Crippen LogP contribution >= 0.6 is 0 Å². The van der Waals surface area contributed by atoms with E-state index in [2.05, 4.69) is 16.0 Å². The second-order valence-corrected chi connectivity index (χ2v) is 9.39. The minimum absolute atomic E-state index is 0.0230. The van der Waals surface area contributed by atoms with Gasteiger partial charge in [-0.3, -0.25) is 14.7 Å². The number of amides is 1. The Labute approximate surface area is 165 Å². The average Bonchev–Trinajstić information content (AvgIpc) is 3.04. The van der Waals surface area contributed by atoms with Gasteiger partial charge in [-0.15, -0.1) is 0 Å². The highest BCUT2D eigenvalue weighted by molar-refractivity contribution is 7.91. The summed E-state index contributed by atoms with van der Waals surface area (Å²) in [6.45, 7) is 1.82. The number of carbonyl (C=O) groups is 1. The van der Waals surface area contributed by atoms with Crippen molar-refractivity contribution in [2.75, 3.05) is 31.1 Å². The van der Waals surface area contributed by atoms with Gasteiger partial charge in [-0.1, -0.05) is 48.6 Å². The average molecular weight is 398 g/mol. The standard InChI is InChI=1S/C21H23N3O3S/c25-21(18-10-4-5-11-22-18)24-14-13-23(19-15-28(26,27)16-20(19)24)12-6-9-17-7-2-1-3-8-17/h1-11,19-20H,12-16H2/b9-6+/t19-,20+/m1/s1. The van der Waals surface area contributed by atoms with Gasteiger partial charge in [-0.05, 0) is 17.7 Å². The number of sulfone groups is 1. The van der Waals surface area contributed by atoms with Crippen LogP contribution in [0.2, 0.25) is 0 Å². The number of aromatic nitrogens is 1. The van der Waals surface area contributed by atoms with E-state index in [1.165, 1.54) is 0 Å². The topological polar surface area (TPSA) is 70.6 Å². The van der Waals surface area contributed by atoms with Crippen molar-refractivity contribution in [2.45, 2.75) is 12.1 Å². The summed E-state index contributed by atoms with van der Waals surface area (Å²) in [6.07, 6.45) is 5.69. The van der Waals surface area contributed by atoms with Crippen LogP contribution in [0.25, 0.3) is 6.08 Å². The van der Waals surface area contributed by atoms with Crippen LogP contribution in [0.5, 0.6) is 0 Å². The predicted octanol–water partition coefficient (Wildman–Crippen LogP) is 1.72. The summed E-state index contributed by atoms with van der Waals surface area (Å²) in [5.74, 6) is -0.0648. The van der Waals surface area contributed by atoms with Crippen LogP contribution in [0.1, 0.15) is 16.1 Å². The largest absolute Gasteiger partial charge is 0.330 e. The lowest BCUT2D eigenvalue weighted by atomic mass is 10.0. The van der Waals surface area contributed by atoms with Crippen LogP contribution in [0.15, 0.2) is 60.8 Å². The number of fused-ring (bicyclic) bond motifs is 1. The zero-order valence-electron chi connectivity index (χ0n) is 15.5. The van der Waals surface area contributed by atoms with E-state index < -0.39 is 9.84 Å². The first-order valence-corrected chi connectivity index (χ1v) is 11.2. The van der Waals surface area contributed by atoms with Crippen LogP contribution in [0.4, 0.5) is 0 Å². The lowest BCUT2D eigenvalue weighted by molar-refractivity contribution is 0.0364. The third-order valence-electron chi connectivity index (χ3n) is 5.39. The first-order chi connectivity index (χ1) is 13.5. The Morgan fingerprint density at radius 2 is 1.79 bits per heavy atom. The van der Waals surface area contributed by atoms with E-state index in [4.69, 9.17) is 0 Å². The van der Waals surface area contributed by atoms with Gasteiger partial charge in [0.2, 0.25) is 0 Å². The maximum Gasteiger partial charge on any atom is 0.272 e. The molecule has 2 aliphatic heterocycles. The predicted molar refractivity (Wildman–Crippen MR) is 109 cm³/mol. The van der Waals surface area contributed by atoms with E-state index in [-0.39, 0.29) is 29.5 Å². The second kappa shape index (κ2) is 7.85. The molecule has 0 saturated carbocycles. The number of piperazine rings is 1. The van der Waals surface area contributed by atoms with Gasteiger partial charge in [0.15, 0.2) is 9.84 Å². The van der Waals surface area contributed by atoms with Gasteiger partial charge < -0.3 is 4.90 Å². The Hall–Kier alpha value is -2.51. The first kappa shape index (κ1) is 18.8. The van der Waals surface area contributed by atoms with E-state index >= 15 is 0 Å². The number of nitrogens with zero attached hydrogens (tertiary/aromatic N) is 3. The Kier molecular flexibility index (Phi) is 5.28. The third-order valence-corrected chi connectivity index (χ3v) is 7.08. The fourth-order valence-electron chi connectivity index (χ4n) is 4.03. The lowest BCUT2D eigenvalue weighted by Crippen LogP contribution is -2.60. The van der Waals surface area contributed by atoms with E-state index in [9.17, 15) is 13.2 Å². The summed E-state index contributed by atoms with van der Waals surface area (Å²) in [4.78, 5) is 20.9. The molecule has 1 amide bonds. The Bertz CT molecular complexity index is 961. The van der Waals surface area contributed by atoms with Crippen LogP contribution in [-0.4, -0.2) is 72.3 Å². The molecule has 2 aromatic rings. The van der Waals surface area contributed by atoms with Gasteiger partial charge in [0.25, 0.3) is 5.91 Å². The molecule has 146 valence electrons. The summed E-state index contributed by atoms with van der Waals surface area (Å²) in [6, 6.07) is 14.7. The highest BCUT2D eigenvalue weighted by Gasteiger charge is 2.47. The Balaban J connectivity index is 1.51. The van der Waals surface area contributed by atoms with Crippen molar-refractivity contribution >= 4 is 21.8 Å². The Morgan fingerprint density at radius 3 is 2.54 bits per heavy atom. The van der Waals surface area contributed by atoms with Crippen LogP contribution in [0, 0.1) is 0 Å². The molecule has 0 spiro atoms. The summed E-state index contributed by atoms with van der Waals surface area (Å²) in [5.41, 5.74) is 1.48. The highest BCUT2D eigenvalue weighted by atomic mass is 32.2. The number of benzene rings is 1. The summed E-state index contributed by atoms with van der Waals surface area (Å²) >= 11 is 0. The third kappa shape index (κ3) is 4.00. The molecule has 2 aliphatic rings. The van der Waals surface area contributed by atoms with Crippen LogP contribution in [-0.2, 0) is 9.84 Å². The molecule has 1 aromatic carbocycles. The number of hydrogen-bond acceptors (Lipinski definition) is 5. The molecule has 0 aliphatic carbocycles. The van der Waals surface area contributed by atoms with Crippen LogP contribution < -0.4 is 0 Å². The van der Waals surface area contributed by atoms with Crippen molar-refractivity contribution in [1.82, 2.24) is 14.8 Å². The normalized spacial score (nSPS) is 24.4. The van der Waals surface area contributed by atoms with E-state index in [1.807, 2.05) is 36.4 Å². The molecule has 7 heteroatoms. The van der Waals surface area contributed by atoms with Crippen molar-refractivity contribution in [2.24, 2.45) is 0 Å². The number of rotatable bonds is 4. The van der Waals surface area contributed by atoms with Crippen molar-refractivity contribution < 1.29 is 13.2 Å². The quantitative estimate of drug-likeness (QED) is 0.786. The number of carbonyl (C=O) groups excluding carboxylic acids is 1. The number of hydrogen-bond donors (Lipinski definition) is 0. The van der Waals surface area contributed by atoms with Gasteiger partial charge in [0, 0.05) is 31.9 Å². The summed E-state index contributed by atoms with van der Waals surface area (Å²) in [7, 11) is -3.17. The molecule has 4 rings (SSSR count). The van der Waals surface area contributed by atoms with Crippen molar-refractivity contribution in [1.29, 1.82) is 0 Å². The molecule has 0 bridgehead atoms. The second-order valence-electron chi connectivity index (χ2n) is 7.23. The zero-order valence-corrected chi connectivity index (χ0v) is 16.3. The fraction of sp³-hybridized carbons (Fsp3) is 0.333. The van der Waals surface area contributed by atoms with E-state index in [0.29, 0.717) is 25.3 Å². The van der Waals surface area contributed by atoms with Crippen molar-refractivity contribution in [3.8, 4) is 0 Å². The molecule has 1 aromatic heterocycles. The smallest absolute Gasteiger partial charge is 0.272 e. The molecule has 2 saturated heterocycles. The molecule has 2 atom stereocenters. The minimum Gasteiger partial charge on any atom is -0.330 e.